The molecule has 90 valence electrons. The molecule has 3 N–H and O–H groups in total. The maximum atomic E-state index is 11.2. The molecule has 0 saturated carbocycles. The molecule has 0 radical (unpaired) electrons. The lowest BCUT2D eigenvalue weighted by Crippen LogP contribution is -2.20. The summed E-state index contributed by atoms with van der Waals surface area (Å²) in [4.78, 5) is 0. The van der Waals surface area contributed by atoms with E-state index in [0.717, 1.165) is 0 Å². The average molecular weight is 281 g/mol. The van der Waals surface area contributed by atoms with Crippen LogP contribution in [0.15, 0.2) is 12.1 Å². The molecule has 1 aromatic carbocycles. The summed E-state index contributed by atoms with van der Waals surface area (Å²) < 4.78 is 11.2. The van der Waals surface area contributed by atoms with Crippen LogP contribution in [-0.2, 0) is 10.8 Å². The molecule has 2 unspecified atom stereocenters. The van der Waals surface area contributed by atoms with Gasteiger partial charge in [0, 0.05) is 34.5 Å². The Morgan fingerprint density at radius 1 is 1.44 bits per heavy atom. The van der Waals surface area contributed by atoms with Gasteiger partial charge in [-0.2, -0.15) is 0 Å². The van der Waals surface area contributed by atoms with Gasteiger partial charge in [-0.1, -0.05) is 23.2 Å². The SMILES string of the molecule is CC(CNc1c(Cl)cc(N)cc1Cl)S(C)=O. The Labute approximate surface area is 108 Å². The van der Waals surface area contributed by atoms with Gasteiger partial charge in [-0.3, -0.25) is 4.21 Å². The molecule has 0 amide bonds. The summed E-state index contributed by atoms with van der Waals surface area (Å²) >= 11 is 12.0. The van der Waals surface area contributed by atoms with Gasteiger partial charge in [0.05, 0.1) is 15.7 Å². The highest BCUT2D eigenvalue weighted by Gasteiger charge is 2.10. The molecule has 0 aliphatic heterocycles. The summed E-state index contributed by atoms with van der Waals surface area (Å²) in [7, 11) is -0.875. The van der Waals surface area contributed by atoms with Crippen molar-refractivity contribution in [3.05, 3.63) is 22.2 Å². The lowest BCUT2D eigenvalue weighted by molar-refractivity contribution is 0.679. The van der Waals surface area contributed by atoms with Crippen molar-refractivity contribution in [1.29, 1.82) is 0 Å². The third-order valence-electron chi connectivity index (χ3n) is 2.20. The minimum atomic E-state index is -0.875. The Morgan fingerprint density at radius 3 is 2.38 bits per heavy atom. The number of benzene rings is 1. The topological polar surface area (TPSA) is 55.1 Å². The number of anilines is 2. The molecule has 3 nitrogen and oxygen atoms in total. The predicted molar refractivity (Wildman–Crippen MR) is 72.9 cm³/mol. The largest absolute Gasteiger partial charge is 0.399 e. The van der Waals surface area contributed by atoms with Crippen molar-refractivity contribution in [2.75, 3.05) is 23.9 Å². The first-order valence-electron chi connectivity index (χ1n) is 4.72. The Hall–Kier alpha value is -0.450. The van der Waals surface area contributed by atoms with E-state index >= 15 is 0 Å². The summed E-state index contributed by atoms with van der Waals surface area (Å²) in [6.45, 7) is 2.44. The molecule has 1 rings (SSSR count). The normalized spacial score (nSPS) is 14.5. The van der Waals surface area contributed by atoms with Crippen LogP contribution in [0, 0.1) is 0 Å². The molecule has 1 aromatic rings. The number of nitrogen functional groups attached to an aromatic ring is 1. The molecule has 0 bridgehead atoms. The maximum absolute atomic E-state index is 11.2. The van der Waals surface area contributed by atoms with E-state index in [1.807, 2.05) is 6.92 Å². The second kappa shape index (κ2) is 5.75. The van der Waals surface area contributed by atoms with Crippen LogP contribution < -0.4 is 11.1 Å². The first-order valence-corrected chi connectivity index (χ1v) is 7.10. The number of rotatable bonds is 4. The zero-order chi connectivity index (χ0) is 12.3. The van der Waals surface area contributed by atoms with Crippen molar-refractivity contribution < 1.29 is 4.21 Å². The fourth-order valence-electron chi connectivity index (χ4n) is 1.12. The van der Waals surface area contributed by atoms with Gasteiger partial charge in [-0.15, -0.1) is 0 Å². The zero-order valence-corrected chi connectivity index (χ0v) is 11.4. The molecule has 0 spiro atoms. The maximum Gasteiger partial charge on any atom is 0.0720 e. The van der Waals surface area contributed by atoms with Gasteiger partial charge >= 0.3 is 0 Å². The lowest BCUT2D eigenvalue weighted by atomic mass is 10.2. The van der Waals surface area contributed by atoms with Crippen molar-refractivity contribution in [2.45, 2.75) is 12.2 Å². The van der Waals surface area contributed by atoms with Crippen molar-refractivity contribution in [1.82, 2.24) is 0 Å². The zero-order valence-electron chi connectivity index (χ0n) is 9.09. The summed E-state index contributed by atoms with van der Waals surface area (Å²) in [5.74, 6) is 0. The smallest absolute Gasteiger partial charge is 0.0720 e. The Balaban J connectivity index is 2.78. The van der Waals surface area contributed by atoms with E-state index in [2.05, 4.69) is 5.32 Å². The summed E-state index contributed by atoms with van der Waals surface area (Å²) in [6, 6.07) is 3.26. The van der Waals surface area contributed by atoms with Crippen molar-refractivity contribution >= 4 is 45.4 Å². The molecule has 16 heavy (non-hydrogen) atoms. The lowest BCUT2D eigenvalue weighted by Gasteiger charge is -2.14. The van der Waals surface area contributed by atoms with E-state index in [0.29, 0.717) is 28.0 Å². The van der Waals surface area contributed by atoms with Crippen LogP contribution in [0.2, 0.25) is 10.0 Å². The van der Waals surface area contributed by atoms with Gasteiger partial charge in [0.15, 0.2) is 0 Å². The minimum absolute atomic E-state index is 0.0321. The number of hydrogen-bond donors (Lipinski definition) is 2. The summed E-state index contributed by atoms with van der Waals surface area (Å²) in [5.41, 5.74) is 6.74. The van der Waals surface area contributed by atoms with E-state index in [1.54, 1.807) is 18.4 Å². The van der Waals surface area contributed by atoms with Crippen molar-refractivity contribution in [2.24, 2.45) is 0 Å². The van der Waals surface area contributed by atoms with E-state index in [-0.39, 0.29) is 5.25 Å². The fraction of sp³-hybridized carbons (Fsp3) is 0.400. The molecule has 2 atom stereocenters. The average Bonchev–Trinajstić information content (AvgIpc) is 2.15. The van der Waals surface area contributed by atoms with E-state index in [1.165, 1.54) is 0 Å². The standard InChI is InChI=1S/C10H14Cl2N2OS/c1-6(16(2)15)5-14-10-8(11)3-7(13)4-9(10)12/h3-4,6,14H,5,13H2,1-2H3. The first kappa shape index (κ1) is 13.6. The predicted octanol–water partition coefficient (Wildman–Crippen LogP) is 2.75. The summed E-state index contributed by atoms with van der Waals surface area (Å²) in [6.07, 6.45) is 1.67. The van der Waals surface area contributed by atoms with Gasteiger partial charge in [-0.05, 0) is 19.1 Å². The van der Waals surface area contributed by atoms with Gasteiger partial charge < -0.3 is 11.1 Å². The van der Waals surface area contributed by atoms with Gasteiger partial charge in [0.2, 0.25) is 0 Å². The van der Waals surface area contributed by atoms with Crippen molar-refractivity contribution in [3.8, 4) is 0 Å². The van der Waals surface area contributed by atoms with Gasteiger partial charge in [-0.25, -0.2) is 0 Å². The van der Waals surface area contributed by atoms with Crippen LogP contribution in [0.1, 0.15) is 6.92 Å². The number of halogens is 2. The highest BCUT2D eigenvalue weighted by Crippen LogP contribution is 2.32. The van der Waals surface area contributed by atoms with Crippen LogP contribution in [0.5, 0.6) is 0 Å². The minimum Gasteiger partial charge on any atom is -0.399 e. The van der Waals surface area contributed by atoms with E-state index < -0.39 is 10.8 Å². The molecule has 0 aliphatic rings. The Bertz CT molecular complexity index is 389. The van der Waals surface area contributed by atoms with E-state index in [4.69, 9.17) is 28.9 Å². The second-order valence-corrected chi connectivity index (χ2v) is 6.17. The van der Waals surface area contributed by atoms with Crippen LogP contribution in [-0.4, -0.2) is 22.3 Å². The molecule has 0 heterocycles. The van der Waals surface area contributed by atoms with Crippen LogP contribution >= 0.6 is 23.2 Å². The third kappa shape index (κ3) is 3.54. The van der Waals surface area contributed by atoms with Gasteiger partial charge in [0.1, 0.15) is 0 Å². The first-order chi connectivity index (χ1) is 7.41. The molecule has 0 aliphatic carbocycles. The van der Waals surface area contributed by atoms with Crippen LogP contribution in [0.4, 0.5) is 11.4 Å². The summed E-state index contributed by atoms with van der Waals surface area (Å²) in [5, 5.41) is 4.05. The van der Waals surface area contributed by atoms with E-state index in [9.17, 15) is 4.21 Å². The second-order valence-electron chi connectivity index (χ2n) is 3.55. The molecular weight excluding hydrogens is 267 g/mol. The van der Waals surface area contributed by atoms with Gasteiger partial charge in [0.25, 0.3) is 0 Å². The van der Waals surface area contributed by atoms with Crippen LogP contribution in [0.3, 0.4) is 0 Å². The van der Waals surface area contributed by atoms with Crippen LogP contribution in [0.25, 0.3) is 0 Å². The number of hydrogen-bond acceptors (Lipinski definition) is 3. The highest BCUT2D eigenvalue weighted by atomic mass is 35.5. The molecule has 0 fully saturated rings. The number of nitrogens with one attached hydrogen (secondary N) is 1. The number of nitrogens with two attached hydrogens (primary N) is 1. The molecule has 6 heteroatoms. The highest BCUT2D eigenvalue weighted by molar-refractivity contribution is 7.84. The Kier molecular flexibility index (Phi) is 4.89. The molecular formula is C10H14Cl2N2OS. The monoisotopic (exact) mass is 280 g/mol. The quantitative estimate of drug-likeness (QED) is 0.834. The van der Waals surface area contributed by atoms with Crippen molar-refractivity contribution in [3.63, 3.8) is 0 Å². The third-order valence-corrected chi connectivity index (χ3v) is 4.09. The molecule has 0 saturated heterocycles. The Morgan fingerprint density at radius 2 is 1.94 bits per heavy atom. The molecule has 0 aromatic heterocycles. The fourth-order valence-corrected chi connectivity index (χ4v) is 2.08.